The number of rotatable bonds is 2. The summed E-state index contributed by atoms with van der Waals surface area (Å²) >= 11 is 0. The Bertz CT molecular complexity index is 417. The Morgan fingerprint density at radius 2 is 2.19 bits per heavy atom. The van der Waals surface area contributed by atoms with E-state index in [4.69, 9.17) is 5.26 Å². The minimum atomic E-state index is -0.127. The molecule has 1 aromatic rings. The van der Waals surface area contributed by atoms with Gasteiger partial charge in [0.2, 0.25) is 0 Å². The first-order chi connectivity index (χ1) is 7.85. The topological polar surface area (TPSA) is 39.4 Å². The molecule has 1 aliphatic heterocycles. The highest BCUT2D eigenvalue weighted by molar-refractivity contribution is 5.86. The Labute approximate surface area is 96.0 Å². The quantitative estimate of drug-likeness (QED) is 0.757. The van der Waals surface area contributed by atoms with E-state index in [-0.39, 0.29) is 6.04 Å². The molecule has 0 aromatic heterocycles. The number of nitrogens with zero attached hydrogens (tertiary/aromatic N) is 3. The Kier molecular flexibility index (Phi) is 3.21. The number of hydrazone groups is 1. The number of benzene rings is 1. The predicted octanol–water partition coefficient (Wildman–Crippen LogP) is 2.94. The summed E-state index contributed by atoms with van der Waals surface area (Å²) < 4.78 is 0. The van der Waals surface area contributed by atoms with Gasteiger partial charge in [0.15, 0.2) is 0 Å². The van der Waals surface area contributed by atoms with Gasteiger partial charge in [0.25, 0.3) is 0 Å². The van der Waals surface area contributed by atoms with Gasteiger partial charge in [-0.3, -0.25) is 0 Å². The molecule has 3 nitrogen and oxygen atoms in total. The molecule has 0 N–H and O–H groups in total. The van der Waals surface area contributed by atoms with Gasteiger partial charge in [-0.25, -0.2) is 5.01 Å². The molecule has 0 radical (unpaired) electrons. The third-order valence-corrected chi connectivity index (χ3v) is 2.83. The van der Waals surface area contributed by atoms with Gasteiger partial charge in [0.1, 0.15) is 6.04 Å². The van der Waals surface area contributed by atoms with Crippen LogP contribution < -0.4 is 5.01 Å². The smallest absolute Gasteiger partial charge is 0.139 e. The zero-order valence-corrected chi connectivity index (χ0v) is 9.43. The fourth-order valence-corrected chi connectivity index (χ4v) is 1.88. The van der Waals surface area contributed by atoms with Crippen molar-refractivity contribution in [3.63, 3.8) is 0 Å². The average molecular weight is 213 g/mol. The maximum absolute atomic E-state index is 9.12. The lowest BCUT2D eigenvalue weighted by atomic mass is 10.0. The standard InChI is InChI=1S/C13H15N3/c1-2-11-8-9-13(10-14)16(15-11)12-6-4-3-5-7-12/h3-7,13H,2,8-9H2,1H3. The van der Waals surface area contributed by atoms with Crippen LogP contribution in [0, 0.1) is 11.3 Å². The monoisotopic (exact) mass is 213 g/mol. The summed E-state index contributed by atoms with van der Waals surface area (Å²) in [5.74, 6) is 0. The zero-order chi connectivity index (χ0) is 11.4. The second-order valence-electron chi connectivity index (χ2n) is 3.88. The largest absolute Gasteiger partial charge is 0.248 e. The Balaban J connectivity index is 2.32. The van der Waals surface area contributed by atoms with Crippen molar-refractivity contribution in [3.05, 3.63) is 30.3 Å². The van der Waals surface area contributed by atoms with Crippen molar-refractivity contribution in [1.82, 2.24) is 0 Å². The first-order valence-electron chi connectivity index (χ1n) is 5.65. The Morgan fingerprint density at radius 3 is 2.81 bits per heavy atom. The van der Waals surface area contributed by atoms with Crippen molar-refractivity contribution >= 4 is 11.4 Å². The fraction of sp³-hybridized carbons (Fsp3) is 0.385. The summed E-state index contributed by atoms with van der Waals surface area (Å²) in [4.78, 5) is 0. The van der Waals surface area contributed by atoms with E-state index in [1.54, 1.807) is 0 Å². The predicted molar refractivity (Wildman–Crippen MR) is 65.3 cm³/mol. The first kappa shape index (κ1) is 10.7. The molecule has 0 aliphatic carbocycles. The summed E-state index contributed by atoms with van der Waals surface area (Å²) in [6.07, 6.45) is 2.78. The molecule has 1 atom stereocenters. The van der Waals surface area contributed by atoms with Gasteiger partial charge in [-0.05, 0) is 31.4 Å². The third kappa shape index (κ3) is 2.06. The van der Waals surface area contributed by atoms with E-state index in [0.717, 1.165) is 24.9 Å². The normalized spacial score (nSPS) is 20.1. The van der Waals surface area contributed by atoms with E-state index < -0.39 is 0 Å². The Hall–Kier alpha value is -1.82. The minimum absolute atomic E-state index is 0.127. The molecule has 0 fully saturated rings. The number of hydrogen-bond acceptors (Lipinski definition) is 3. The van der Waals surface area contributed by atoms with Crippen LogP contribution in [0.4, 0.5) is 5.69 Å². The van der Waals surface area contributed by atoms with Crippen LogP contribution in [0.2, 0.25) is 0 Å². The van der Waals surface area contributed by atoms with Crippen molar-refractivity contribution in [1.29, 1.82) is 5.26 Å². The van der Waals surface area contributed by atoms with Crippen LogP contribution in [0.3, 0.4) is 0 Å². The fourth-order valence-electron chi connectivity index (χ4n) is 1.88. The van der Waals surface area contributed by atoms with Crippen LogP contribution in [0.15, 0.2) is 35.4 Å². The molecule has 1 unspecified atom stereocenters. The summed E-state index contributed by atoms with van der Waals surface area (Å²) in [7, 11) is 0. The molecule has 1 aliphatic rings. The van der Waals surface area contributed by atoms with E-state index in [1.165, 1.54) is 5.71 Å². The number of nitriles is 1. The third-order valence-electron chi connectivity index (χ3n) is 2.83. The van der Waals surface area contributed by atoms with Gasteiger partial charge in [-0.2, -0.15) is 10.4 Å². The lowest BCUT2D eigenvalue weighted by Crippen LogP contribution is -2.34. The maximum Gasteiger partial charge on any atom is 0.139 e. The molecule has 0 saturated heterocycles. The maximum atomic E-state index is 9.12. The van der Waals surface area contributed by atoms with Gasteiger partial charge >= 0.3 is 0 Å². The highest BCUT2D eigenvalue weighted by Gasteiger charge is 2.23. The molecule has 2 rings (SSSR count). The van der Waals surface area contributed by atoms with E-state index in [0.29, 0.717) is 0 Å². The molecule has 82 valence electrons. The van der Waals surface area contributed by atoms with Crippen molar-refractivity contribution in [2.45, 2.75) is 32.2 Å². The average Bonchev–Trinajstić information content (AvgIpc) is 2.39. The van der Waals surface area contributed by atoms with Crippen LogP contribution in [0.25, 0.3) is 0 Å². The van der Waals surface area contributed by atoms with Crippen LogP contribution >= 0.6 is 0 Å². The Morgan fingerprint density at radius 1 is 1.44 bits per heavy atom. The van der Waals surface area contributed by atoms with Crippen LogP contribution in [-0.2, 0) is 0 Å². The molecular formula is C13H15N3. The summed E-state index contributed by atoms with van der Waals surface area (Å²) in [5, 5.41) is 15.5. The van der Waals surface area contributed by atoms with Gasteiger partial charge in [-0.1, -0.05) is 25.1 Å². The molecule has 16 heavy (non-hydrogen) atoms. The molecule has 0 amide bonds. The zero-order valence-electron chi connectivity index (χ0n) is 9.43. The summed E-state index contributed by atoms with van der Waals surface area (Å²) in [6, 6.07) is 12.1. The van der Waals surface area contributed by atoms with Crippen LogP contribution in [-0.4, -0.2) is 11.8 Å². The molecular weight excluding hydrogens is 198 g/mol. The number of hydrogen-bond donors (Lipinski definition) is 0. The van der Waals surface area contributed by atoms with Crippen LogP contribution in [0.1, 0.15) is 26.2 Å². The van der Waals surface area contributed by atoms with Crippen LogP contribution in [0.5, 0.6) is 0 Å². The first-order valence-corrected chi connectivity index (χ1v) is 5.65. The molecule has 3 heteroatoms. The second kappa shape index (κ2) is 4.80. The SMILES string of the molecule is CCC1=NN(c2ccccc2)C(C#N)CC1. The van der Waals surface area contributed by atoms with E-state index in [1.807, 2.05) is 35.3 Å². The van der Waals surface area contributed by atoms with Crippen molar-refractivity contribution in [2.24, 2.45) is 5.10 Å². The van der Waals surface area contributed by atoms with Crippen molar-refractivity contribution < 1.29 is 0 Å². The molecule has 0 spiro atoms. The second-order valence-corrected chi connectivity index (χ2v) is 3.88. The lowest BCUT2D eigenvalue weighted by Gasteiger charge is -2.29. The highest BCUT2D eigenvalue weighted by atomic mass is 15.5. The minimum Gasteiger partial charge on any atom is -0.248 e. The molecule has 0 bridgehead atoms. The summed E-state index contributed by atoms with van der Waals surface area (Å²) in [5.41, 5.74) is 2.18. The van der Waals surface area contributed by atoms with E-state index in [2.05, 4.69) is 18.1 Å². The highest BCUT2D eigenvalue weighted by Crippen LogP contribution is 2.23. The molecule has 1 aromatic carbocycles. The lowest BCUT2D eigenvalue weighted by molar-refractivity contribution is 0.642. The van der Waals surface area contributed by atoms with Gasteiger partial charge in [0, 0.05) is 5.71 Å². The molecule has 1 heterocycles. The number of para-hydroxylation sites is 1. The van der Waals surface area contributed by atoms with Crippen molar-refractivity contribution in [3.8, 4) is 6.07 Å². The van der Waals surface area contributed by atoms with Gasteiger partial charge in [0.05, 0.1) is 11.8 Å². The van der Waals surface area contributed by atoms with Crippen molar-refractivity contribution in [2.75, 3.05) is 5.01 Å². The van der Waals surface area contributed by atoms with Gasteiger partial charge < -0.3 is 0 Å². The summed E-state index contributed by atoms with van der Waals surface area (Å²) in [6.45, 7) is 2.11. The number of anilines is 1. The van der Waals surface area contributed by atoms with E-state index in [9.17, 15) is 0 Å². The van der Waals surface area contributed by atoms with E-state index >= 15 is 0 Å². The molecule has 0 saturated carbocycles. The van der Waals surface area contributed by atoms with Gasteiger partial charge in [-0.15, -0.1) is 0 Å².